The summed E-state index contributed by atoms with van der Waals surface area (Å²) in [6.07, 6.45) is 2.94. The maximum atomic E-state index is 13.4. The molecular weight excluding hydrogens is 217 g/mol. The van der Waals surface area contributed by atoms with Crippen LogP contribution in [0.15, 0.2) is 24.5 Å². The second kappa shape index (κ2) is 3.90. The van der Waals surface area contributed by atoms with Gasteiger partial charge in [-0.05, 0) is 36.2 Å². The smallest absolute Gasteiger partial charge is 0.222 e. The van der Waals surface area contributed by atoms with Crippen LogP contribution in [0.1, 0.15) is 5.56 Å². The van der Waals surface area contributed by atoms with E-state index in [1.165, 1.54) is 12.4 Å². The van der Waals surface area contributed by atoms with E-state index in [-0.39, 0.29) is 5.28 Å². The minimum atomic E-state index is -0.560. The zero-order valence-electron chi connectivity index (χ0n) is 7.91. The number of aryl methyl sites for hydroxylation is 1. The molecule has 0 aliphatic rings. The maximum Gasteiger partial charge on any atom is 0.222 e. The Morgan fingerprint density at radius 2 is 2.13 bits per heavy atom. The summed E-state index contributed by atoms with van der Waals surface area (Å²) in [4.78, 5) is 11.3. The number of pyridine rings is 1. The highest BCUT2D eigenvalue weighted by Gasteiger charge is 2.08. The fourth-order valence-corrected chi connectivity index (χ4v) is 1.36. The van der Waals surface area contributed by atoms with Crippen molar-refractivity contribution in [2.24, 2.45) is 0 Å². The highest BCUT2D eigenvalue weighted by Crippen LogP contribution is 2.20. The van der Waals surface area contributed by atoms with Gasteiger partial charge in [-0.1, -0.05) is 0 Å². The highest BCUT2D eigenvalue weighted by atomic mass is 35.5. The molecule has 0 saturated carbocycles. The van der Waals surface area contributed by atoms with Gasteiger partial charge in [-0.2, -0.15) is 4.39 Å². The topological polar surface area (TPSA) is 38.7 Å². The van der Waals surface area contributed by atoms with Gasteiger partial charge in [0.1, 0.15) is 0 Å². The molecule has 2 rings (SSSR count). The first-order valence-corrected chi connectivity index (χ1v) is 4.65. The van der Waals surface area contributed by atoms with Gasteiger partial charge in [0.2, 0.25) is 11.2 Å². The highest BCUT2D eigenvalue weighted by molar-refractivity contribution is 6.28. The molecule has 0 atom stereocenters. The van der Waals surface area contributed by atoms with E-state index < -0.39 is 5.95 Å². The van der Waals surface area contributed by atoms with Crippen molar-refractivity contribution in [3.05, 3.63) is 41.3 Å². The lowest BCUT2D eigenvalue weighted by Gasteiger charge is -2.02. The van der Waals surface area contributed by atoms with Crippen LogP contribution in [0.5, 0.6) is 0 Å². The normalized spacial score (nSPS) is 10.3. The van der Waals surface area contributed by atoms with Crippen molar-refractivity contribution < 1.29 is 4.39 Å². The summed E-state index contributed by atoms with van der Waals surface area (Å²) >= 11 is 5.62. The molecule has 0 spiro atoms. The van der Waals surface area contributed by atoms with Crippen LogP contribution >= 0.6 is 11.6 Å². The first-order chi connectivity index (χ1) is 7.16. The summed E-state index contributed by atoms with van der Waals surface area (Å²) in [5, 5.41) is 0.0911. The third-order valence-corrected chi connectivity index (χ3v) is 2.06. The van der Waals surface area contributed by atoms with Gasteiger partial charge in [-0.25, -0.2) is 15.0 Å². The minimum Gasteiger partial charge on any atom is -0.227 e. The second-order valence-corrected chi connectivity index (χ2v) is 3.40. The second-order valence-electron chi connectivity index (χ2n) is 3.06. The monoisotopic (exact) mass is 223 g/mol. The van der Waals surface area contributed by atoms with Gasteiger partial charge < -0.3 is 0 Å². The lowest BCUT2D eigenvalue weighted by Crippen LogP contribution is -1.93. The van der Waals surface area contributed by atoms with Crippen molar-refractivity contribution in [2.75, 3.05) is 0 Å². The Morgan fingerprint density at radius 3 is 2.87 bits per heavy atom. The zero-order chi connectivity index (χ0) is 10.8. The minimum absolute atomic E-state index is 0.0911. The van der Waals surface area contributed by atoms with E-state index in [4.69, 9.17) is 11.6 Å². The Labute approximate surface area is 91.0 Å². The van der Waals surface area contributed by atoms with Crippen molar-refractivity contribution in [3.8, 4) is 11.3 Å². The van der Waals surface area contributed by atoms with E-state index in [1.807, 2.05) is 6.92 Å². The molecule has 15 heavy (non-hydrogen) atoms. The van der Waals surface area contributed by atoms with E-state index >= 15 is 0 Å². The fraction of sp³-hybridized carbons (Fsp3) is 0.100. The summed E-state index contributed by atoms with van der Waals surface area (Å²) in [5.41, 5.74) is 1.63. The van der Waals surface area contributed by atoms with Gasteiger partial charge in [0, 0.05) is 12.4 Å². The Kier molecular flexibility index (Phi) is 2.60. The average molecular weight is 224 g/mol. The Balaban J connectivity index is 2.58. The van der Waals surface area contributed by atoms with Gasteiger partial charge in [-0.3, -0.25) is 0 Å². The van der Waals surface area contributed by atoms with Gasteiger partial charge in [-0.15, -0.1) is 0 Å². The molecule has 5 heteroatoms. The van der Waals surface area contributed by atoms with Crippen LogP contribution in [0.3, 0.4) is 0 Å². The van der Waals surface area contributed by atoms with Crippen LogP contribution in [0.4, 0.5) is 4.39 Å². The van der Waals surface area contributed by atoms with Gasteiger partial charge in [0.05, 0.1) is 11.3 Å². The summed E-state index contributed by atoms with van der Waals surface area (Å²) in [6, 6.07) is 3.26. The molecule has 2 aromatic rings. The predicted molar refractivity (Wildman–Crippen MR) is 55.0 cm³/mol. The molecule has 0 saturated heterocycles. The molecule has 0 bridgehead atoms. The van der Waals surface area contributed by atoms with Crippen molar-refractivity contribution in [2.45, 2.75) is 6.92 Å². The van der Waals surface area contributed by atoms with Gasteiger partial charge in [0.25, 0.3) is 0 Å². The standard InChI is InChI=1S/C10H7ClFN3/c1-6-4-7(9(12)14-5-6)8-2-3-13-10(11)15-8/h2-5H,1H3. The largest absolute Gasteiger partial charge is 0.227 e. The molecule has 3 nitrogen and oxygen atoms in total. The van der Waals surface area contributed by atoms with E-state index in [9.17, 15) is 4.39 Å². The molecule has 2 heterocycles. The molecule has 0 unspecified atom stereocenters. The quantitative estimate of drug-likeness (QED) is 0.551. The molecule has 0 radical (unpaired) electrons. The Morgan fingerprint density at radius 1 is 1.33 bits per heavy atom. The molecule has 0 amide bonds. The summed E-state index contributed by atoms with van der Waals surface area (Å²) < 4.78 is 13.4. The SMILES string of the molecule is Cc1cnc(F)c(-c2ccnc(Cl)n2)c1. The maximum absolute atomic E-state index is 13.4. The number of aromatic nitrogens is 3. The van der Waals surface area contributed by atoms with Gasteiger partial charge in [0.15, 0.2) is 0 Å². The average Bonchev–Trinajstić information content (AvgIpc) is 2.22. The van der Waals surface area contributed by atoms with Crippen molar-refractivity contribution in [1.29, 1.82) is 0 Å². The zero-order valence-corrected chi connectivity index (χ0v) is 8.66. The lowest BCUT2D eigenvalue weighted by atomic mass is 10.1. The van der Waals surface area contributed by atoms with E-state index in [2.05, 4.69) is 15.0 Å². The molecule has 76 valence electrons. The first kappa shape index (κ1) is 9.98. The number of nitrogens with zero attached hydrogens (tertiary/aromatic N) is 3. The molecule has 0 aromatic carbocycles. The molecule has 2 aromatic heterocycles. The summed E-state index contributed by atoms with van der Waals surface area (Å²) in [6.45, 7) is 1.83. The molecule has 0 aliphatic carbocycles. The fourth-order valence-electron chi connectivity index (χ4n) is 1.22. The number of halogens is 2. The number of hydrogen-bond acceptors (Lipinski definition) is 3. The van der Waals surface area contributed by atoms with Crippen molar-refractivity contribution >= 4 is 11.6 Å². The van der Waals surface area contributed by atoms with Crippen LogP contribution in [0.25, 0.3) is 11.3 Å². The van der Waals surface area contributed by atoms with Crippen LogP contribution in [0.2, 0.25) is 5.28 Å². The summed E-state index contributed by atoms with van der Waals surface area (Å²) in [7, 11) is 0. The Bertz CT molecular complexity index is 502. The number of hydrogen-bond donors (Lipinski definition) is 0. The van der Waals surface area contributed by atoms with E-state index in [0.717, 1.165) is 5.56 Å². The van der Waals surface area contributed by atoms with Gasteiger partial charge >= 0.3 is 0 Å². The lowest BCUT2D eigenvalue weighted by molar-refractivity contribution is 0.586. The predicted octanol–water partition coefficient (Wildman–Crippen LogP) is 2.64. The first-order valence-electron chi connectivity index (χ1n) is 4.28. The van der Waals surface area contributed by atoms with Crippen molar-refractivity contribution in [3.63, 3.8) is 0 Å². The van der Waals surface area contributed by atoms with E-state index in [1.54, 1.807) is 12.1 Å². The van der Waals surface area contributed by atoms with Crippen LogP contribution in [-0.2, 0) is 0 Å². The number of rotatable bonds is 1. The van der Waals surface area contributed by atoms with Crippen molar-refractivity contribution in [1.82, 2.24) is 15.0 Å². The van der Waals surface area contributed by atoms with Crippen LogP contribution < -0.4 is 0 Å². The van der Waals surface area contributed by atoms with Crippen LogP contribution in [-0.4, -0.2) is 15.0 Å². The van der Waals surface area contributed by atoms with Crippen LogP contribution in [0, 0.1) is 12.9 Å². The Hall–Kier alpha value is -1.55. The third-order valence-electron chi connectivity index (χ3n) is 1.88. The molecule has 0 N–H and O–H groups in total. The molecule has 0 fully saturated rings. The molecule has 0 aliphatic heterocycles. The summed E-state index contributed by atoms with van der Waals surface area (Å²) in [5.74, 6) is -0.560. The van der Waals surface area contributed by atoms with E-state index in [0.29, 0.717) is 11.3 Å². The molecular formula is C10H7ClFN3. The third kappa shape index (κ3) is 2.10.